The van der Waals surface area contributed by atoms with E-state index in [-0.39, 0.29) is 0 Å². The van der Waals surface area contributed by atoms with E-state index in [2.05, 4.69) is 36.5 Å². The quantitative estimate of drug-likeness (QED) is 0.741. The third-order valence-electron chi connectivity index (χ3n) is 3.72. The number of ether oxygens (including phenoxy) is 1. The number of hydrogen-bond donors (Lipinski definition) is 1. The predicted octanol–water partition coefficient (Wildman–Crippen LogP) is 3.72. The molecule has 1 aliphatic rings. The molecule has 0 bridgehead atoms. The van der Waals surface area contributed by atoms with Gasteiger partial charge in [-0.3, -0.25) is 0 Å². The third-order valence-corrected chi connectivity index (χ3v) is 3.72. The Morgan fingerprint density at radius 2 is 1.89 bits per heavy atom. The van der Waals surface area contributed by atoms with Crippen LogP contribution in [0, 0.1) is 0 Å². The smallest absolute Gasteiger partial charge is 0.119 e. The van der Waals surface area contributed by atoms with E-state index >= 15 is 0 Å². The average Bonchev–Trinajstić information content (AvgIpc) is 2.93. The zero-order valence-corrected chi connectivity index (χ0v) is 11.5. The van der Waals surface area contributed by atoms with Crippen LogP contribution in [0.25, 0.3) is 0 Å². The van der Waals surface area contributed by atoms with Crippen molar-refractivity contribution < 1.29 is 4.74 Å². The summed E-state index contributed by atoms with van der Waals surface area (Å²) in [5, 5.41) is 3.30. The molecule has 0 aromatic heterocycles. The Kier molecular flexibility index (Phi) is 5.53. The first-order valence-corrected chi connectivity index (χ1v) is 7.33. The van der Waals surface area contributed by atoms with Gasteiger partial charge in [-0.25, -0.2) is 0 Å². The molecule has 0 radical (unpaired) electrons. The van der Waals surface area contributed by atoms with Crippen LogP contribution in [-0.4, -0.2) is 19.7 Å². The minimum Gasteiger partial charge on any atom is -0.494 e. The summed E-state index contributed by atoms with van der Waals surface area (Å²) < 4.78 is 5.73. The van der Waals surface area contributed by atoms with Crippen LogP contribution in [0.15, 0.2) is 24.3 Å². The molecule has 1 saturated carbocycles. The molecule has 1 aromatic rings. The summed E-state index contributed by atoms with van der Waals surface area (Å²) in [7, 11) is 0. The van der Waals surface area contributed by atoms with Gasteiger partial charge in [0.15, 0.2) is 0 Å². The number of rotatable bonds is 7. The lowest BCUT2D eigenvalue weighted by molar-refractivity contribution is 0.308. The van der Waals surface area contributed by atoms with Crippen LogP contribution in [0.4, 0.5) is 0 Å². The Morgan fingerprint density at radius 1 is 1.17 bits per heavy atom. The Balaban J connectivity index is 1.73. The van der Waals surface area contributed by atoms with Crippen molar-refractivity contribution in [2.75, 3.05) is 19.7 Å². The van der Waals surface area contributed by atoms with E-state index in [0.29, 0.717) is 0 Å². The van der Waals surface area contributed by atoms with Crippen molar-refractivity contribution in [3.63, 3.8) is 0 Å². The summed E-state index contributed by atoms with van der Waals surface area (Å²) in [5.74, 6) is 1.81. The van der Waals surface area contributed by atoms with Gasteiger partial charge in [0.25, 0.3) is 0 Å². The monoisotopic (exact) mass is 247 g/mol. The molecule has 1 aliphatic carbocycles. The lowest BCUT2D eigenvalue weighted by atomic mass is 9.98. The van der Waals surface area contributed by atoms with Crippen LogP contribution >= 0.6 is 0 Å². The fraction of sp³-hybridized carbons (Fsp3) is 0.625. The van der Waals surface area contributed by atoms with Gasteiger partial charge in [-0.05, 0) is 56.0 Å². The van der Waals surface area contributed by atoms with E-state index in [1.165, 1.54) is 31.2 Å². The Hall–Kier alpha value is -1.02. The lowest BCUT2D eigenvalue weighted by Gasteiger charge is -2.11. The minimum atomic E-state index is 0.799. The molecule has 0 atom stereocenters. The Bertz CT molecular complexity index is 327. The van der Waals surface area contributed by atoms with Gasteiger partial charge in [-0.1, -0.05) is 31.9 Å². The van der Waals surface area contributed by atoms with Crippen LogP contribution in [0.1, 0.15) is 50.5 Å². The van der Waals surface area contributed by atoms with Gasteiger partial charge < -0.3 is 10.1 Å². The molecule has 0 aliphatic heterocycles. The van der Waals surface area contributed by atoms with E-state index in [1.54, 1.807) is 0 Å². The molecule has 1 fully saturated rings. The SMILES string of the molecule is CCNCCCOc1ccc(C2CCCC2)cc1. The first kappa shape index (κ1) is 13.4. The molecule has 2 nitrogen and oxygen atoms in total. The molecule has 0 unspecified atom stereocenters. The normalized spacial score (nSPS) is 16.1. The maximum Gasteiger partial charge on any atom is 0.119 e. The molecule has 1 N–H and O–H groups in total. The van der Waals surface area contributed by atoms with Crippen LogP contribution in [0.5, 0.6) is 5.75 Å². The van der Waals surface area contributed by atoms with Crippen LogP contribution in [0.2, 0.25) is 0 Å². The molecule has 18 heavy (non-hydrogen) atoms. The first-order valence-electron chi connectivity index (χ1n) is 7.33. The second kappa shape index (κ2) is 7.42. The summed E-state index contributed by atoms with van der Waals surface area (Å²) in [6.45, 7) is 5.01. The summed E-state index contributed by atoms with van der Waals surface area (Å²) in [4.78, 5) is 0. The maximum absolute atomic E-state index is 5.73. The minimum absolute atomic E-state index is 0.799. The van der Waals surface area contributed by atoms with Crippen LogP contribution < -0.4 is 10.1 Å². The van der Waals surface area contributed by atoms with Crippen molar-refractivity contribution in [2.24, 2.45) is 0 Å². The average molecular weight is 247 g/mol. The van der Waals surface area contributed by atoms with Gasteiger partial charge in [-0.15, -0.1) is 0 Å². The summed E-state index contributed by atoms with van der Waals surface area (Å²) >= 11 is 0. The zero-order chi connectivity index (χ0) is 12.6. The fourth-order valence-corrected chi connectivity index (χ4v) is 2.66. The van der Waals surface area contributed by atoms with Gasteiger partial charge in [0.1, 0.15) is 5.75 Å². The van der Waals surface area contributed by atoms with E-state index in [1.807, 2.05) is 0 Å². The highest BCUT2D eigenvalue weighted by Gasteiger charge is 2.16. The highest BCUT2D eigenvalue weighted by atomic mass is 16.5. The van der Waals surface area contributed by atoms with Crippen molar-refractivity contribution >= 4 is 0 Å². The first-order chi connectivity index (χ1) is 8.90. The van der Waals surface area contributed by atoms with Crippen molar-refractivity contribution in [1.29, 1.82) is 0 Å². The zero-order valence-electron chi connectivity index (χ0n) is 11.5. The van der Waals surface area contributed by atoms with E-state index in [4.69, 9.17) is 4.74 Å². The van der Waals surface area contributed by atoms with Crippen molar-refractivity contribution in [1.82, 2.24) is 5.32 Å². The van der Waals surface area contributed by atoms with Gasteiger partial charge in [0.05, 0.1) is 6.61 Å². The van der Waals surface area contributed by atoms with Crippen LogP contribution in [0.3, 0.4) is 0 Å². The number of benzene rings is 1. The Morgan fingerprint density at radius 3 is 2.56 bits per heavy atom. The topological polar surface area (TPSA) is 21.3 Å². The van der Waals surface area contributed by atoms with Crippen LogP contribution in [-0.2, 0) is 0 Å². The summed E-state index contributed by atoms with van der Waals surface area (Å²) in [6.07, 6.45) is 6.59. The van der Waals surface area contributed by atoms with E-state index < -0.39 is 0 Å². The molecule has 2 rings (SSSR count). The van der Waals surface area contributed by atoms with Gasteiger partial charge in [-0.2, -0.15) is 0 Å². The number of hydrogen-bond acceptors (Lipinski definition) is 2. The molecular weight excluding hydrogens is 222 g/mol. The third kappa shape index (κ3) is 4.02. The highest BCUT2D eigenvalue weighted by molar-refractivity contribution is 5.29. The predicted molar refractivity (Wildman–Crippen MR) is 76.3 cm³/mol. The highest BCUT2D eigenvalue weighted by Crippen LogP contribution is 2.34. The van der Waals surface area contributed by atoms with Crippen molar-refractivity contribution in [3.05, 3.63) is 29.8 Å². The molecule has 0 spiro atoms. The van der Waals surface area contributed by atoms with Gasteiger partial charge in [0.2, 0.25) is 0 Å². The van der Waals surface area contributed by atoms with Crippen molar-refractivity contribution in [3.8, 4) is 5.75 Å². The lowest BCUT2D eigenvalue weighted by Crippen LogP contribution is -2.16. The van der Waals surface area contributed by atoms with E-state index in [9.17, 15) is 0 Å². The van der Waals surface area contributed by atoms with Crippen molar-refractivity contribution in [2.45, 2.75) is 44.9 Å². The molecule has 0 saturated heterocycles. The molecular formula is C16H25NO. The maximum atomic E-state index is 5.73. The number of nitrogens with one attached hydrogen (secondary N) is 1. The molecule has 1 aromatic carbocycles. The molecule has 0 amide bonds. The Labute approximate surface area is 111 Å². The molecule has 2 heteroatoms. The van der Waals surface area contributed by atoms with Gasteiger partial charge in [0, 0.05) is 0 Å². The second-order valence-corrected chi connectivity index (χ2v) is 5.11. The largest absolute Gasteiger partial charge is 0.494 e. The molecule has 100 valence electrons. The fourth-order valence-electron chi connectivity index (χ4n) is 2.66. The molecule has 0 heterocycles. The van der Waals surface area contributed by atoms with Gasteiger partial charge >= 0.3 is 0 Å². The van der Waals surface area contributed by atoms with E-state index in [0.717, 1.165) is 37.8 Å². The standard InChI is InChI=1S/C16H25NO/c1-2-17-12-5-13-18-16-10-8-15(9-11-16)14-6-3-4-7-14/h8-11,14,17H,2-7,12-13H2,1H3. The summed E-state index contributed by atoms with van der Waals surface area (Å²) in [6, 6.07) is 8.74. The summed E-state index contributed by atoms with van der Waals surface area (Å²) in [5.41, 5.74) is 1.49. The second-order valence-electron chi connectivity index (χ2n) is 5.11.